The van der Waals surface area contributed by atoms with Crippen molar-refractivity contribution in [3.63, 3.8) is 0 Å². The van der Waals surface area contributed by atoms with Crippen LogP contribution in [-0.4, -0.2) is 52.4 Å². The Morgan fingerprint density at radius 1 is 1.44 bits per heavy atom. The summed E-state index contributed by atoms with van der Waals surface area (Å²) < 4.78 is 0. The first-order chi connectivity index (χ1) is 7.40. The number of nitrogens with two attached hydrogens (primary N) is 1. The minimum absolute atomic E-state index is 0.420. The fourth-order valence-corrected chi connectivity index (χ4v) is 1.54. The number of carboxylic acids is 1. The molecule has 0 bridgehead atoms. The van der Waals surface area contributed by atoms with Gasteiger partial charge in [0.05, 0.1) is 6.04 Å². The number of imide groups is 1. The highest BCUT2D eigenvalue weighted by molar-refractivity contribution is 7.98. The predicted molar refractivity (Wildman–Crippen MR) is 61.0 cm³/mol. The van der Waals surface area contributed by atoms with Gasteiger partial charge in [-0.3, -0.25) is 19.3 Å². The van der Waals surface area contributed by atoms with Crippen LogP contribution in [0.2, 0.25) is 0 Å². The van der Waals surface area contributed by atoms with Gasteiger partial charge in [-0.15, -0.1) is 0 Å². The molecule has 0 radical (unpaired) electrons. The van der Waals surface area contributed by atoms with Crippen molar-refractivity contribution in [2.75, 3.05) is 18.6 Å². The quantitative estimate of drug-likeness (QED) is 0.659. The van der Waals surface area contributed by atoms with E-state index in [0.717, 1.165) is 6.92 Å². The van der Waals surface area contributed by atoms with E-state index in [2.05, 4.69) is 0 Å². The molecular weight excluding hydrogens is 232 g/mol. The fourth-order valence-electron chi connectivity index (χ4n) is 1.05. The molecule has 0 aliphatic rings. The Hall–Kier alpha value is -1.08. The first-order valence-corrected chi connectivity index (χ1v) is 6.07. The Morgan fingerprint density at radius 3 is 2.38 bits per heavy atom. The highest BCUT2D eigenvalue weighted by Gasteiger charge is 2.25. The molecule has 6 nitrogen and oxygen atoms in total. The summed E-state index contributed by atoms with van der Waals surface area (Å²) in [4.78, 5) is 33.8. The summed E-state index contributed by atoms with van der Waals surface area (Å²) in [5, 5.41) is 8.55. The zero-order chi connectivity index (χ0) is 12.7. The molecule has 0 saturated heterocycles. The number of thioether (sulfide) groups is 1. The zero-order valence-electron chi connectivity index (χ0n) is 9.30. The Kier molecular flexibility index (Phi) is 6.75. The lowest BCUT2D eigenvalue weighted by atomic mass is 10.2. The number of nitrogens with zero attached hydrogens (tertiary/aromatic N) is 1. The van der Waals surface area contributed by atoms with E-state index in [4.69, 9.17) is 10.8 Å². The number of hydrogen-bond donors (Lipinski definition) is 2. The van der Waals surface area contributed by atoms with Gasteiger partial charge in [-0.05, 0) is 18.4 Å². The van der Waals surface area contributed by atoms with E-state index >= 15 is 0 Å². The van der Waals surface area contributed by atoms with Gasteiger partial charge in [0, 0.05) is 6.92 Å². The largest absolute Gasteiger partial charge is 0.480 e. The molecule has 92 valence electrons. The van der Waals surface area contributed by atoms with Crippen molar-refractivity contribution in [1.82, 2.24) is 4.90 Å². The minimum Gasteiger partial charge on any atom is -0.480 e. The van der Waals surface area contributed by atoms with Crippen LogP contribution in [0.3, 0.4) is 0 Å². The van der Waals surface area contributed by atoms with Crippen molar-refractivity contribution in [2.24, 2.45) is 5.73 Å². The molecule has 1 atom stereocenters. The molecule has 0 saturated carbocycles. The third-order valence-electron chi connectivity index (χ3n) is 1.89. The summed E-state index contributed by atoms with van der Waals surface area (Å²) >= 11 is 1.53. The highest BCUT2D eigenvalue weighted by atomic mass is 32.2. The smallest absolute Gasteiger partial charge is 0.323 e. The second-order valence-electron chi connectivity index (χ2n) is 3.23. The Labute approximate surface area is 98.2 Å². The van der Waals surface area contributed by atoms with Gasteiger partial charge in [-0.25, -0.2) is 0 Å². The number of rotatable bonds is 6. The summed E-state index contributed by atoms with van der Waals surface area (Å²) in [6.45, 7) is 0.503. The van der Waals surface area contributed by atoms with Crippen LogP contribution in [-0.2, 0) is 14.4 Å². The molecule has 2 amide bonds. The van der Waals surface area contributed by atoms with E-state index in [1.165, 1.54) is 11.8 Å². The molecule has 3 N–H and O–H groups in total. The van der Waals surface area contributed by atoms with Gasteiger partial charge in [-0.2, -0.15) is 11.8 Å². The van der Waals surface area contributed by atoms with Crippen molar-refractivity contribution in [1.29, 1.82) is 0 Å². The Balaban J connectivity index is 4.48. The van der Waals surface area contributed by atoms with E-state index in [1.54, 1.807) is 0 Å². The number of aliphatic carboxylic acids is 1. The Morgan fingerprint density at radius 2 is 2.00 bits per heavy atom. The van der Waals surface area contributed by atoms with E-state index in [0.29, 0.717) is 17.1 Å². The molecule has 7 heteroatoms. The monoisotopic (exact) mass is 248 g/mol. The third-order valence-corrected chi connectivity index (χ3v) is 2.53. The third kappa shape index (κ3) is 5.13. The van der Waals surface area contributed by atoms with E-state index < -0.39 is 30.4 Å². The van der Waals surface area contributed by atoms with Crippen LogP contribution < -0.4 is 5.73 Å². The van der Waals surface area contributed by atoms with Gasteiger partial charge in [0.25, 0.3) is 0 Å². The maximum Gasteiger partial charge on any atom is 0.323 e. The van der Waals surface area contributed by atoms with Crippen molar-refractivity contribution in [3.05, 3.63) is 0 Å². The summed E-state index contributed by atoms with van der Waals surface area (Å²) in [7, 11) is 0. The molecule has 0 aromatic carbocycles. The summed E-state index contributed by atoms with van der Waals surface area (Å²) in [6, 6.07) is -0.823. The van der Waals surface area contributed by atoms with Crippen molar-refractivity contribution >= 4 is 29.5 Å². The number of carbonyl (C=O) groups is 3. The highest BCUT2D eigenvalue weighted by Crippen LogP contribution is 2.03. The number of carboxylic acid groups (broad SMARTS) is 1. The molecule has 1 unspecified atom stereocenters. The fraction of sp³-hybridized carbons (Fsp3) is 0.667. The van der Waals surface area contributed by atoms with Gasteiger partial charge in [0.15, 0.2) is 0 Å². The topological polar surface area (TPSA) is 101 Å². The van der Waals surface area contributed by atoms with Crippen LogP contribution in [0.15, 0.2) is 0 Å². The van der Waals surface area contributed by atoms with Crippen LogP contribution >= 0.6 is 11.8 Å². The average Bonchev–Trinajstić information content (AvgIpc) is 2.20. The number of hydrogen-bond acceptors (Lipinski definition) is 5. The van der Waals surface area contributed by atoms with Crippen LogP contribution in [0.25, 0.3) is 0 Å². The molecule has 0 heterocycles. The standard InChI is InChI=1S/C9H16N2O4S/c1-6(12)11(5-8(13)14)9(15)7(10)3-4-16-2/h7H,3-5,10H2,1-2H3,(H,13,14). The Bertz CT molecular complexity index is 283. The molecular formula is C9H16N2O4S. The lowest BCUT2D eigenvalue weighted by Gasteiger charge is -2.20. The van der Waals surface area contributed by atoms with Crippen LogP contribution in [0, 0.1) is 0 Å². The maximum atomic E-state index is 11.6. The molecule has 0 aromatic rings. The SMILES string of the molecule is CSCCC(N)C(=O)N(CC(=O)O)C(C)=O. The second kappa shape index (κ2) is 7.24. The first-order valence-electron chi connectivity index (χ1n) is 4.68. The molecule has 0 fully saturated rings. The van der Waals surface area contributed by atoms with Gasteiger partial charge in [-0.1, -0.05) is 0 Å². The van der Waals surface area contributed by atoms with E-state index in [9.17, 15) is 14.4 Å². The lowest BCUT2D eigenvalue weighted by molar-refractivity contribution is -0.152. The molecule has 16 heavy (non-hydrogen) atoms. The van der Waals surface area contributed by atoms with Crippen LogP contribution in [0.1, 0.15) is 13.3 Å². The summed E-state index contributed by atoms with van der Waals surface area (Å²) in [5.41, 5.74) is 5.57. The average molecular weight is 248 g/mol. The second-order valence-corrected chi connectivity index (χ2v) is 4.21. The first kappa shape index (κ1) is 14.9. The summed E-state index contributed by atoms with van der Waals surface area (Å²) in [6.07, 6.45) is 2.29. The lowest BCUT2D eigenvalue weighted by Crippen LogP contribution is -2.48. The number of amides is 2. The molecule has 0 rings (SSSR count). The van der Waals surface area contributed by atoms with E-state index in [1.807, 2.05) is 6.26 Å². The van der Waals surface area contributed by atoms with Crippen LogP contribution in [0.4, 0.5) is 0 Å². The van der Waals surface area contributed by atoms with Crippen molar-refractivity contribution in [3.8, 4) is 0 Å². The van der Waals surface area contributed by atoms with E-state index in [-0.39, 0.29) is 0 Å². The van der Waals surface area contributed by atoms with Gasteiger partial charge >= 0.3 is 5.97 Å². The molecule has 0 spiro atoms. The number of carbonyl (C=O) groups excluding carboxylic acids is 2. The normalized spacial score (nSPS) is 11.9. The van der Waals surface area contributed by atoms with Gasteiger partial charge in [0.2, 0.25) is 11.8 Å². The molecule has 0 aliphatic heterocycles. The maximum absolute atomic E-state index is 11.6. The minimum atomic E-state index is -1.24. The predicted octanol–water partition coefficient (Wildman–Crippen LogP) is -0.473. The van der Waals surface area contributed by atoms with Crippen molar-refractivity contribution < 1.29 is 19.5 Å². The zero-order valence-corrected chi connectivity index (χ0v) is 10.1. The van der Waals surface area contributed by atoms with Crippen molar-refractivity contribution in [2.45, 2.75) is 19.4 Å². The van der Waals surface area contributed by atoms with Gasteiger partial charge in [0.1, 0.15) is 6.54 Å². The van der Waals surface area contributed by atoms with Gasteiger partial charge < -0.3 is 10.8 Å². The molecule has 0 aromatic heterocycles. The molecule has 0 aliphatic carbocycles. The van der Waals surface area contributed by atoms with Crippen LogP contribution in [0.5, 0.6) is 0 Å². The summed E-state index contributed by atoms with van der Waals surface area (Å²) in [5.74, 6) is -1.79.